The van der Waals surface area contributed by atoms with Gasteiger partial charge >= 0.3 is 0 Å². The zero-order valence-electron chi connectivity index (χ0n) is 21.7. The Bertz CT molecular complexity index is 1400. The molecule has 1 saturated heterocycles. The van der Waals surface area contributed by atoms with Gasteiger partial charge < -0.3 is 19.3 Å². The lowest BCUT2D eigenvalue weighted by molar-refractivity contribution is 0.0745. The van der Waals surface area contributed by atoms with Gasteiger partial charge in [0.25, 0.3) is 15.9 Å². The molecule has 200 valence electrons. The lowest BCUT2D eigenvalue weighted by Crippen LogP contribution is -2.49. The summed E-state index contributed by atoms with van der Waals surface area (Å²) in [6.07, 6.45) is 2.41. The first-order valence-corrected chi connectivity index (χ1v) is 14.4. The minimum absolute atomic E-state index is 0.0492. The molecule has 1 aliphatic heterocycles. The summed E-state index contributed by atoms with van der Waals surface area (Å²) in [6, 6.07) is 19.4. The summed E-state index contributed by atoms with van der Waals surface area (Å²) >= 11 is 0. The van der Waals surface area contributed by atoms with Crippen LogP contribution >= 0.6 is 0 Å². The average molecular weight is 536 g/mol. The second-order valence-electron chi connectivity index (χ2n) is 9.81. The SMILES string of the molecule is COc1ccccc1N1CCN(C(=O)c2cc(S(=O)(=O)Nc3ccc(OCC4CC4)cc3)ccc2C)CC1. The molecule has 1 saturated carbocycles. The second-order valence-corrected chi connectivity index (χ2v) is 11.5. The highest BCUT2D eigenvalue weighted by Gasteiger charge is 2.26. The maximum absolute atomic E-state index is 13.4. The smallest absolute Gasteiger partial charge is 0.261 e. The molecule has 8 nitrogen and oxygen atoms in total. The van der Waals surface area contributed by atoms with Gasteiger partial charge in [0, 0.05) is 37.4 Å². The van der Waals surface area contributed by atoms with Crippen LogP contribution in [0.25, 0.3) is 0 Å². The van der Waals surface area contributed by atoms with E-state index in [2.05, 4.69) is 9.62 Å². The predicted molar refractivity (Wildman–Crippen MR) is 148 cm³/mol. The second kappa shape index (κ2) is 10.9. The maximum atomic E-state index is 13.4. The molecule has 0 bridgehead atoms. The van der Waals surface area contributed by atoms with Crippen LogP contribution in [0.5, 0.6) is 11.5 Å². The third-order valence-electron chi connectivity index (χ3n) is 7.03. The minimum atomic E-state index is -3.88. The summed E-state index contributed by atoms with van der Waals surface area (Å²) in [4.78, 5) is 17.5. The zero-order chi connectivity index (χ0) is 26.7. The monoisotopic (exact) mass is 535 g/mol. The van der Waals surface area contributed by atoms with Crippen molar-refractivity contribution in [2.75, 3.05) is 49.5 Å². The van der Waals surface area contributed by atoms with E-state index in [0.717, 1.165) is 17.0 Å². The molecule has 9 heteroatoms. The first-order chi connectivity index (χ1) is 18.3. The van der Waals surface area contributed by atoms with E-state index >= 15 is 0 Å². The van der Waals surface area contributed by atoms with Gasteiger partial charge in [-0.2, -0.15) is 0 Å². The van der Waals surface area contributed by atoms with Gasteiger partial charge in [0.2, 0.25) is 0 Å². The van der Waals surface area contributed by atoms with Gasteiger partial charge in [-0.05, 0) is 79.8 Å². The number of amides is 1. The number of carbonyl (C=O) groups is 1. The molecular weight excluding hydrogens is 502 g/mol. The van der Waals surface area contributed by atoms with Gasteiger partial charge in [-0.25, -0.2) is 8.42 Å². The first-order valence-electron chi connectivity index (χ1n) is 12.9. The number of methoxy groups -OCH3 is 1. The van der Waals surface area contributed by atoms with Crippen LogP contribution in [0.2, 0.25) is 0 Å². The van der Waals surface area contributed by atoms with Crippen LogP contribution in [0.4, 0.5) is 11.4 Å². The number of hydrogen-bond donors (Lipinski definition) is 1. The number of anilines is 2. The Hall–Kier alpha value is -3.72. The number of hydrogen-bond acceptors (Lipinski definition) is 6. The lowest BCUT2D eigenvalue weighted by Gasteiger charge is -2.36. The number of piperazine rings is 1. The van der Waals surface area contributed by atoms with Crippen LogP contribution in [0.1, 0.15) is 28.8 Å². The fraction of sp³-hybridized carbons (Fsp3) is 0.345. The zero-order valence-corrected chi connectivity index (χ0v) is 22.5. The van der Waals surface area contributed by atoms with E-state index in [0.29, 0.717) is 55.7 Å². The molecule has 38 heavy (non-hydrogen) atoms. The molecule has 0 spiro atoms. The van der Waals surface area contributed by atoms with Gasteiger partial charge in [-0.3, -0.25) is 9.52 Å². The maximum Gasteiger partial charge on any atom is 0.261 e. The average Bonchev–Trinajstić information content (AvgIpc) is 3.77. The van der Waals surface area contributed by atoms with Crippen LogP contribution in [-0.4, -0.2) is 59.1 Å². The van der Waals surface area contributed by atoms with Crippen molar-refractivity contribution in [3.8, 4) is 11.5 Å². The Morgan fingerprint density at radius 1 is 0.974 bits per heavy atom. The van der Waals surface area contributed by atoms with Crippen molar-refractivity contribution in [2.45, 2.75) is 24.7 Å². The Morgan fingerprint density at radius 3 is 2.37 bits per heavy atom. The molecule has 2 fully saturated rings. The summed E-state index contributed by atoms with van der Waals surface area (Å²) in [5, 5.41) is 0. The lowest BCUT2D eigenvalue weighted by atomic mass is 10.1. The van der Waals surface area contributed by atoms with Gasteiger partial charge in [-0.1, -0.05) is 18.2 Å². The van der Waals surface area contributed by atoms with Crippen molar-refractivity contribution in [3.05, 3.63) is 77.9 Å². The molecule has 2 aliphatic rings. The third kappa shape index (κ3) is 5.88. The molecule has 1 aliphatic carbocycles. The van der Waals surface area contributed by atoms with Crippen LogP contribution in [-0.2, 0) is 10.0 Å². The Balaban J connectivity index is 1.25. The third-order valence-corrected chi connectivity index (χ3v) is 8.41. The number of ether oxygens (including phenoxy) is 2. The van der Waals surface area contributed by atoms with Gasteiger partial charge in [-0.15, -0.1) is 0 Å². The Morgan fingerprint density at radius 2 is 1.68 bits per heavy atom. The highest BCUT2D eigenvalue weighted by molar-refractivity contribution is 7.92. The molecule has 5 rings (SSSR count). The van der Waals surface area contributed by atoms with Crippen molar-refractivity contribution in [3.63, 3.8) is 0 Å². The normalized spacial score (nSPS) is 15.7. The fourth-order valence-corrected chi connectivity index (χ4v) is 5.63. The standard InChI is InChI=1S/C29H33N3O5S/c1-21-7-14-25(38(34,35)30-23-10-12-24(13-11-23)37-20-22-8-9-22)19-26(21)29(33)32-17-15-31(16-18-32)27-5-3-4-6-28(27)36-2/h3-7,10-14,19,22,30H,8-9,15-18,20H2,1-2H3. The van der Waals surface area contributed by atoms with E-state index in [1.165, 1.54) is 25.0 Å². The van der Waals surface area contributed by atoms with E-state index in [1.807, 2.05) is 31.2 Å². The van der Waals surface area contributed by atoms with Crippen molar-refractivity contribution in [2.24, 2.45) is 5.92 Å². The predicted octanol–water partition coefficient (Wildman–Crippen LogP) is 4.56. The largest absolute Gasteiger partial charge is 0.495 e. The Labute approximate surface area is 224 Å². The topological polar surface area (TPSA) is 88.2 Å². The summed E-state index contributed by atoms with van der Waals surface area (Å²) in [5.41, 5.74) is 2.56. The van der Waals surface area contributed by atoms with Crippen molar-refractivity contribution < 1.29 is 22.7 Å². The van der Waals surface area contributed by atoms with Crippen molar-refractivity contribution >= 4 is 27.3 Å². The molecule has 1 N–H and O–H groups in total. The van der Waals surface area contributed by atoms with E-state index in [1.54, 1.807) is 42.3 Å². The molecule has 0 aromatic heterocycles. The number of benzene rings is 3. The van der Waals surface area contributed by atoms with E-state index < -0.39 is 10.0 Å². The highest BCUT2D eigenvalue weighted by Crippen LogP contribution is 2.31. The molecular formula is C29H33N3O5S. The molecule has 1 amide bonds. The number of carbonyl (C=O) groups excluding carboxylic acids is 1. The molecule has 3 aromatic carbocycles. The summed E-state index contributed by atoms with van der Waals surface area (Å²) < 4.78 is 40.1. The number of sulfonamides is 1. The van der Waals surface area contributed by atoms with Crippen LogP contribution < -0.4 is 19.1 Å². The van der Waals surface area contributed by atoms with E-state index in [4.69, 9.17) is 9.47 Å². The minimum Gasteiger partial charge on any atom is -0.495 e. The van der Waals surface area contributed by atoms with Crippen LogP contribution in [0, 0.1) is 12.8 Å². The number of nitrogens with one attached hydrogen (secondary N) is 1. The molecule has 1 heterocycles. The molecule has 0 atom stereocenters. The van der Waals surface area contributed by atoms with Crippen molar-refractivity contribution in [1.29, 1.82) is 0 Å². The number of nitrogens with zero attached hydrogens (tertiary/aromatic N) is 2. The fourth-order valence-electron chi connectivity index (χ4n) is 4.54. The van der Waals surface area contributed by atoms with Gasteiger partial charge in [0.1, 0.15) is 11.5 Å². The van der Waals surface area contributed by atoms with Crippen molar-refractivity contribution in [1.82, 2.24) is 4.90 Å². The summed E-state index contributed by atoms with van der Waals surface area (Å²) in [5.74, 6) is 1.99. The molecule has 0 radical (unpaired) electrons. The summed E-state index contributed by atoms with van der Waals surface area (Å²) in [7, 11) is -2.23. The molecule has 0 unspecified atom stereocenters. The van der Waals surface area contributed by atoms with Crippen LogP contribution in [0.15, 0.2) is 71.6 Å². The van der Waals surface area contributed by atoms with Gasteiger partial charge in [0.05, 0.1) is 24.3 Å². The van der Waals surface area contributed by atoms with Gasteiger partial charge in [0.15, 0.2) is 0 Å². The number of aryl methyl sites for hydroxylation is 1. The van der Waals surface area contributed by atoms with Crippen LogP contribution in [0.3, 0.4) is 0 Å². The first kappa shape index (κ1) is 25.9. The molecule has 3 aromatic rings. The quantitative estimate of drug-likeness (QED) is 0.432. The number of para-hydroxylation sites is 2. The highest BCUT2D eigenvalue weighted by atomic mass is 32.2. The Kier molecular flexibility index (Phi) is 7.46. The van der Waals surface area contributed by atoms with E-state index in [9.17, 15) is 13.2 Å². The number of rotatable bonds is 9. The summed E-state index contributed by atoms with van der Waals surface area (Å²) in [6.45, 7) is 4.89. The van der Waals surface area contributed by atoms with E-state index in [-0.39, 0.29) is 10.8 Å².